The number of amides is 1. The van der Waals surface area contributed by atoms with Gasteiger partial charge in [-0.3, -0.25) is 9.79 Å². The summed E-state index contributed by atoms with van der Waals surface area (Å²) in [6.07, 6.45) is 4.88. The number of nitrogens with zero attached hydrogens (tertiary/aromatic N) is 2. The van der Waals surface area contributed by atoms with Crippen LogP contribution in [-0.4, -0.2) is 63.2 Å². The number of hydrogen-bond donors (Lipinski definition) is 2. The van der Waals surface area contributed by atoms with Gasteiger partial charge in [-0.15, -0.1) is 0 Å². The quantitative estimate of drug-likeness (QED) is 0.410. The van der Waals surface area contributed by atoms with E-state index in [0.717, 1.165) is 57.9 Å². The summed E-state index contributed by atoms with van der Waals surface area (Å²) in [5, 5.41) is 6.36. The Labute approximate surface area is 127 Å². The van der Waals surface area contributed by atoms with Crippen LogP contribution in [0.1, 0.15) is 32.1 Å². The monoisotopic (exact) mass is 296 g/mol. The maximum atomic E-state index is 11.6. The Morgan fingerprint density at radius 2 is 2.19 bits per heavy atom. The molecule has 2 rings (SSSR count). The fourth-order valence-electron chi connectivity index (χ4n) is 2.71. The highest BCUT2D eigenvalue weighted by Crippen LogP contribution is 2.18. The van der Waals surface area contributed by atoms with Gasteiger partial charge >= 0.3 is 0 Å². The molecule has 120 valence electrons. The summed E-state index contributed by atoms with van der Waals surface area (Å²) in [7, 11) is 3.56. The van der Waals surface area contributed by atoms with E-state index in [9.17, 15) is 4.79 Å². The summed E-state index contributed by atoms with van der Waals surface area (Å²) >= 11 is 0. The minimum absolute atomic E-state index is 0.176. The molecule has 1 aliphatic carbocycles. The number of methoxy groups -OCH3 is 1. The summed E-state index contributed by atoms with van der Waals surface area (Å²) in [4.78, 5) is 18.2. The number of guanidine groups is 1. The van der Waals surface area contributed by atoms with Crippen LogP contribution < -0.4 is 10.6 Å². The molecule has 21 heavy (non-hydrogen) atoms. The van der Waals surface area contributed by atoms with Gasteiger partial charge in [-0.25, -0.2) is 0 Å². The predicted octanol–water partition coefficient (Wildman–Crippen LogP) is 0.589. The van der Waals surface area contributed by atoms with Crippen LogP contribution in [0, 0.1) is 5.92 Å². The first-order valence-electron chi connectivity index (χ1n) is 7.96. The molecule has 0 bridgehead atoms. The van der Waals surface area contributed by atoms with E-state index in [-0.39, 0.29) is 5.91 Å². The third-order valence-electron chi connectivity index (χ3n) is 4.01. The molecule has 1 atom stereocenters. The number of hydrogen-bond acceptors (Lipinski definition) is 3. The van der Waals surface area contributed by atoms with Gasteiger partial charge in [0.25, 0.3) is 0 Å². The van der Waals surface area contributed by atoms with Crippen LogP contribution in [-0.2, 0) is 9.53 Å². The van der Waals surface area contributed by atoms with Crippen LogP contribution in [0.4, 0.5) is 0 Å². The second kappa shape index (κ2) is 8.22. The van der Waals surface area contributed by atoms with Gasteiger partial charge in [-0.1, -0.05) is 0 Å². The van der Waals surface area contributed by atoms with Gasteiger partial charge in [0.2, 0.25) is 5.91 Å². The second-order valence-corrected chi connectivity index (χ2v) is 5.98. The Kier molecular flexibility index (Phi) is 6.29. The highest BCUT2D eigenvalue weighted by molar-refractivity contribution is 5.80. The Balaban J connectivity index is 1.60. The molecule has 6 heteroatoms. The smallest absolute Gasteiger partial charge is 0.220 e. The zero-order valence-electron chi connectivity index (χ0n) is 13.2. The fraction of sp³-hybridized carbons (Fsp3) is 0.867. The van der Waals surface area contributed by atoms with Crippen LogP contribution in [0.2, 0.25) is 0 Å². The number of ether oxygens (including phenoxy) is 1. The third kappa shape index (κ3) is 5.53. The molecule has 1 heterocycles. The number of nitrogens with one attached hydrogen (secondary N) is 2. The van der Waals surface area contributed by atoms with Crippen molar-refractivity contribution in [1.29, 1.82) is 0 Å². The molecule has 2 aliphatic rings. The molecular formula is C15H28N4O2. The van der Waals surface area contributed by atoms with Crippen molar-refractivity contribution in [3.63, 3.8) is 0 Å². The van der Waals surface area contributed by atoms with E-state index in [4.69, 9.17) is 4.74 Å². The molecule has 6 nitrogen and oxygen atoms in total. The predicted molar refractivity (Wildman–Crippen MR) is 83.3 cm³/mol. The average molecular weight is 296 g/mol. The molecule has 1 aliphatic heterocycles. The lowest BCUT2D eigenvalue weighted by Gasteiger charge is -2.21. The summed E-state index contributed by atoms with van der Waals surface area (Å²) in [5.74, 6) is 1.71. The van der Waals surface area contributed by atoms with Crippen LogP contribution in [0.25, 0.3) is 0 Å². The zero-order valence-corrected chi connectivity index (χ0v) is 13.2. The lowest BCUT2D eigenvalue weighted by atomic mass is 10.1. The molecule has 0 aromatic carbocycles. The van der Waals surface area contributed by atoms with E-state index >= 15 is 0 Å². The highest BCUT2D eigenvalue weighted by atomic mass is 16.5. The fourth-order valence-corrected chi connectivity index (χ4v) is 2.71. The van der Waals surface area contributed by atoms with Crippen molar-refractivity contribution >= 4 is 11.9 Å². The van der Waals surface area contributed by atoms with E-state index in [1.54, 1.807) is 7.11 Å². The number of likely N-dealkylation sites (tertiary alicyclic amines) is 1. The lowest BCUT2D eigenvalue weighted by molar-refractivity contribution is -0.121. The number of carbonyl (C=O) groups excluding carboxylic acids is 1. The minimum atomic E-state index is 0.176. The van der Waals surface area contributed by atoms with Gasteiger partial charge in [0.05, 0.1) is 6.61 Å². The van der Waals surface area contributed by atoms with Gasteiger partial charge in [0.15, 0.2) is 5.96 Å². The van der Waals surface area contributed by atoms with Crippen molar-refractivity contribution in [3.05, 3.63) is 0 Å². The van der Waals surface area contributed by atoms with Crippen molar-refractivity contribution < 1.29 is 9.53 Å². The van der Waals surface area contributed by atoms with E-state index in [0.29, 0.717) is 18.4 Å². The topological polar surface area (TPSA) is 66.0 Å². The summed E-state index contributed by atoms with van der Waals surface area (Å²) in [6, 6.07) is 0.459. The Hall–Kier alpha value is -1.30. The molecular weight excluding hydrogens is 268 g/mol. The highest BCUT2D eigenvalue weighted by Gasteiger charge is 2.25. The Bertz CT molecular complexity index is 369. The molecule has 1 amide bonds. The molecule has 1 unspecified atom stereocenters. The first kappa shape index (κ1) is 16.1. The first-order chi connectivity index (χ1) is 10.2. The van der Waals surface area contributed by atoms with E-state index in [1.807, 2.05) is 7.05 Å². The normalized spacial score (nSPS) is 22.5. The number of rotatable bonds is 7. The second-order valence-electron chi connectivity index (χ2n) is 5.98. The van der Waals surface area contributed by atoms with Crippen LogP contribution in [0.3, 0.4) is 0 Å². The minimum Gasteiger partial charge on any atom is -0.384 e. The molecule has 2 N–H and O–H groups in total. The maximum absolute atomic E-state index is 11.6. The van der Waals surface area contributed by atoms with Gasteiger partial charge in [0, 0.05) is 52.2 Å². The Morgan fingerprint density at radius 3 is 2.86 bits per heavy atom. The van der Waals surface area contributed by atoms with Gasteiger partial charge in [-0.2, -0.15) is 0 Å². The summed E-state index contributed by atoms with van der Waals surface area (Å²) in [5.41, 5.74) is 0. The SMILES string of the molecule is CN=C(NCCCC(=O)NC1CC1)N1CCC(COC)C1. The van der Waals surface area contributed by atoms with Crippen LogP contribution in [0.15, 0.2) is 4.99 Å². The van der Waals surface area contributed by atoms with E-state index < -0.39 is 0 Å². The molecule has 0 spiro atoms. The zero-order chi connectivity index (χ0) is 15.1. The maximum Gasteiger partial charge on any atom is 0.220 e. The standard InChI is InChI=1S/C15H28N4O2/c1-16-15(19-9-7-12(10-19)11-21-2)17-8-3-4-14(20)18-13-5-6-13/h12-13H,3-11H2,1-2H3,(H,16,17)(H,18,20). The van der Waals surface area contributed by atoms with Crippen molar-refractivity contribution in [2.45, 2.75) is 38.1 Å². The van der Waals surface area contributed by atoms with Gasteiger partial charge in [0.1, 0.15) is 0 Å². The average Bonchev–Trinajstić information content (AvgIpc) is 3.16. The molecule has 1 saturated carbocycles. The summed E-state index contributed by atoms with van der Waals surface area (Å²) < 4.78 is 5.22. The van der Waals surface area contributed by atoms with Crippen molar-refractivity contribution in [2.75, 3.05) is 40.4 Å². The summed E-state index contributed by atoms with van der Waals surface area (Å²) in [6.45, 7) is 3.62. The van der Waals surface area contributed by atoms with E-state index in [1.165, 1.54) is 0 Å². The van der Waals surface area contributed by atoms with Gasteiger partial charge < -0.3 is 20.3 Å². The number of aliphatic imine (C=N–C) groups is 1. The van der Waals surface area contributed by atoms with Crippen LogP contribution in [0.5, 0.6) is 0 Å². The first-order valence-corrected chi connectivity index (χ1v) is 7.96. The molecule has 2 fully saturated rings. The van der Waals surface area contributed by atoms with Crippen LogP contribution >= 0.6 is 0 Å². The number of carbonyl (C=O) groups is 1. The largest absolute Gasteiger partial charge is 0.384 e. The van der Waals surface area contributed by atoms with Crippen molar-refractivity contribution in [1.82, 2.24) is 15.5 Å². The molecule has 0 radical (unpaired) electrons. The van der Waals surface area contributed by atoms with Crippen molar-refractivity contribution in [2.24, 2.45) is 10.9 Å². The van der Waals surface area contributed by atoms with E-state index in [2.05, 4.69) is 20.5 Å². The Morgan fingerprint density at radius 1 is 1.38 bits per heavy atom. The molecule has 0 aromatic heterocycles. The molecule has 1 saturated heterocycles. The van der Waals surface area contributed by atoms with Crippen molar-refractivity contribution in [3.8, 4) is 0 Å². The lowest BCUT2D eigenvalue weighted by Crippen LogP contribution is -2.40. The van der Waals surface area contributed by atoms with Gasteiger partial charge in [-0.05, 0) is 25.7 Å². The third-order valence-corrected chi connectivity index (χ3v) is 4.01. The molecule has 0 aromatic rings.